The molecule has 0 radical (unpaired) electrons. The number of anilines is 1. The van der Waals surface area contributed by atoms with E-state index in [9.17, 15) is 13.2 Å². The van der Waals surface area contributed by atoms with Gasteiger partial charge in [0.1, 0.15) is 0 Å². The third-order valence-corrected chi connectivity index (χ3v) is 4.82. The summed E-state index contributed by atoms with van der Waals surface area (Å²) in [5.41, 5.74) is 0.116. The Morgan fingerprint density at radius 3 is 2.62 bits per heavy atom. The molecule has 0 aromatic heterocycles. The molecule has 1 saturated carbocycles. The van der Waals surface area contributed by atoms with Crippen LogP contribution < -0.4 is 10.2 Å². The van der Waals surface area contributed by atoms with E-state index < -0.39 is 11.7 Å². The summed E-state index contributed by atoms with van der Waals surface area (Å²) in [7, 11) is 0. The predicted octanol–water partition coefficient (Wildman–Crippen LogP) is 3.67. The van der Waals surface area contributed by atoms with E-state index in [1.165, 1.54) is 25.0 Å². The van der Waals surface area contributed by atoms with Crippen LogP contribution in [0.5, 0.6) is 0 Å². The van der Waals surface area contributed by atoms with E-state index in [1.807, 2.05) is 0 Å². The average Bonchev–Trinajstić information content (AvgIpc) is 3.26. The fraction of sp³-hybridized carbons (Fsp3) is 0.625. The van der Waals surface area contributed by atoms with E-state index in [2.05, 4.69) is 24.1 Å². The standard InChI is InChI=1S/C16H21F3N2/c1-11-9-20-15(2,12-6-7-12)10-21(11)14-5-3-4-13(8-14)16(17,18)19/h3-5,8,11-12,20H,6-7,9-10H2,1-2H3. The first-order valence-electron chi connectivity index (χ1n) is 7.48. The van der Waals surface area contributed by atoms with Gasteiger partial charge >= 0.3 is 6.18 Å². The number of nitrogens with zero attached hydrogens (tertiary/aromatic N) is 1. The molecule has 1 heterocycles. The van der Waals surface area contributed by atoms with Gasteiger partial charge in [-0.25, -0.2) is 0 Å². The van der Waals surface area contributed by atoms with Crippen molar-refractivity contribution < 1.29 is 13.2 Å². The summed E-state index contributed by atoms with van der Waals surface area (Å²) in [5.74, 6) is 0.651. The number of hydrogen-bond donors (Lipinski definition) is 1. The van der Waals surface area contributed by atoms with Gasteiger partial charge in [0.15, 0.2) is 0 Å². The van der Waals surface area contributed by atoms with E-state index in [0.717, 1.165) is 19.2 Å². The molecule has 1 aromatic rings. The number of nitrogens with one attached hydrogen (secondary N) is 1. The summed E-state index contributed by atoms with van der Waals surface area (Å²) in [4.78, 5) is 2.12. The Balaban J connectivity index is 1.87. The summed E-state index contributed by atoms with van der Waals surface area (Å²) in [6.45, 7) is 5.82. The lowest BCUT2D eigenvalue weighted by Crippen LogP contribution is -2.63. The Morgan fingerprint density at radius 2 is 2.00 bits per heavy atom. The second-order valence-corrected chi connectivity index (χ2v) is 6.60. The topological polar surface area (TPSA) is 15.3 Å². The van der Waals surface area contributed by atoms with Crippen LogP contribution in [0.25, 0.3) is 0 Å². The Hall–Kier alpha value is -1.23. The largest absolute Gasteiger partial charge is 0.416 e. The SMILES string of the molecule is CC1CNC(C)(C2CC2)CN1c1cccc(C(F)(F)F)c1. The average molecular weight is 298 g/mol. The van der Waals surface area contributed by atoms with Crippen molar-refractivity contribution in [2.45, 2.75) is 44.4 Å². The third kappa shape index (κ3) is 2.89. The van der Waals surface area contributed by atoms with Crippen molar-refractivity contribution in [3.8, 4) is 0 Å². The van der Waals surface area contributed by atoms with Crippen LogP contribution in [0.3, 0.4) is 0 Å². The summed E-state index contributed by atoms with van der Waals surface area (Å²) in [6.07, 6.45) is -1.85. The molecule has 0 spiro atoms. The van der Waals surface area contributed by atoms with Gasteiger partial charge in [-0.1, -0.05) is 6.07 Å². The highest BCUT2D eigenvalue weighted by Crippen LogP contribution is 2.42. The zero-order valence-electron chi connectivity index (χ0n) is 12.4. The first-order chi connectivity index (χ1) is 9.79. The van der Waals surface area contributed by atoms with Gasteiger partial charge in [-0.05, 0) is 50.8 Å². The summed E-state index contributed by atoms with van der Waals surface area (Å²) in [5, 5.41) is 3.59. The Kier molecular flexibility index (Phi) is 3.43. The summed E-state index contributed by atoms with van der Waals surface area (Å²) < 4.78 is 38.7. The molecule has 1 N–H and O–H groups in total. The highest BCUT2D eigenvalue weighted by molar-refractivity contribution is 5.51. The van der Waals surface area contributed by atoms with E-state index in [4.69, 9.17) is 0 Å². The molecule has 0 bridgehead atoms. The molecule has 1 aliphatic heterocycles. The summed E-state index contributed by atoms with van der Waals surface area (Å²) in [6, 6.07) is 5.89. The third-order valence-electron chi connectivity index (χ3n) is 4.82. The van der Waals surface area contributed by atoms with Crippen molar-refractivity contribution in [1.29, 1.82) is 0 Å². The fourth-order valence-corrected chi connectivity index (χ4v) is 3.26. The predicted molar refractivity (Wildman–Crippen MR) is 77.4 cm³/mol. The highest BCUT2D eigenvalue weighted by atomic mass is 19.4. The molecule has 2 fully saturated rings. The molecular formula is C16H21F3N2. The van der Waals surface area contributed by atoms with Crippen LogP contribution in [0.15, 0.2) is 24.3 Å². The van der Waals surface area contributed by atoms with Gasteiger partial charge in [-0.15, -0.1) is 0 Å². The minimum absolute atomic E-state index is 0.0146. The Bertz CT molecular complexity index is 524. The molecule has 5 heteroatoms. The van der Waals surface area contributed by atoms with Crippen molar-refractivity contribution in [3.05, 3.63) is 29.8 Å². The Labute approximate surface area is 123 Å². The van der Waals surface area contributed by atoms with Gasteiger partial charge in [0.2, 0.25) is 0 Å². The van der Waals surface area contributed by atoms with Gasteiger partial charge < -0.3 is 10.2 Å². The number of rotatable bonds is 2. The van der Waals surface area contributed by atoms with Crippen LogP contribution >= 0.6 is 0 Å². The fourth-order valence-electron chi connectivity index (χ4n) is 3.26. The lowest BCUT2D eigenvalue weighted by atomic mass is 9.90. The van der Waals surface area contributed by atoms with Crippen LogP contribution in [0, 0.1) is 5.92 Å². The van der Waals surface area contributed by atoms with Gasteiger partial charge in [-0.2, -0.15) is 13.2 Å². The van der Waals surface area contributed by atoms with E-state index >= 15 is 0 Å². The molecule has 2 aliphatic rings. The minimum atomic E-state index is -4.28. The quantitative estimate of drug-likeness (QED) is 0.896. The maximum atomic E-state index is 12.9. The first kappa shape index (κ1) is 14.7. The maximum absolute atomic E-state index is 12.9. The van der Waals surface area contributed by atoms with E-state index in [1.54, 1.807) is 6.07 Å². The smallest absolute Gasteiger partial charge is 0.366 e. The second kappa shape index (κ2) is 4.90. The van der Waals surface area contributed by atoms with Gasteiger partial charge in [0, 0.05) is 30.4 Å². The summed E-state index contributed by atoms with van der Waals surface area (Å²) >= 11 is 0. The molecule has 2 nitrogen and oxygen atoms in total. The number of piperazine rings is 1. The maximum Gasteiger partial charge on any atom is 0.416 e. The van der Waals surface area contributed by atoms with Crippen LogP contribution in [0.2, 0.25) is 0 Å². The van der Waals surface area contributed by atoms with Crippen molar-refractivity contribution >= 4 is 5.69 Å². The zero-order chi connectivity index (χ0) is 15.3. The number of hydrogen-bond acceptors (Lipinski definition) is 2. The van der Waals surface area contributed by atoms with Gasteiger partial charge in [0.25, 0.3) is 0 Å². The monoisotopic (exact) mass is 298 g/mol. The van der Waals surface area contributed by atoms with Gasteiger partial charge in [0.05, 0.1) is 5.56 Å². The molecule has 21 heavy (non-hydrogen) atoms. The molecule has 2 atom stereocenters. The first-order valence-corrected chi connectivity index (χ1v) is 7.48. The highest BCUT2D eigenvalue weighted by Gasteiger charge is 2.45. The van der Waals surface area contributed by atoms with E-state index in [0.29, 0.717) is 11.6 Å². The molecule has 2 unspecified atom stereocenters. The Morgan fingerprint density at radius 1 is 1.29 bits per heavy atom. The molecule has 1 aromatic carbocycles. The van der Waals surface area contributed by atoms with Crippen molar-refractivity contribution in [3.63, 3.8) is 0 Å². The van der Waals surface area contributed by atoms with Gasteiger partial charge in [-0.3, -0.25) is 0 Å². The van der Waals surface area contributed by atoms with Crippen molar-refractivity contribution in [2.24, 2.45) is 5.92 Å². The molecule has 1 saturated heterocycles. The number of halogens is 3. The lowest BCUT2D eigenvalue weighted by molar-refractivity contribution is -0.137. The number of alkyl halides is 3. The van der Waals surface area contributed by atoms with E-state index in [-0.39, 0.29) is 11.6 Å². The van der Waals surface area contributed by atoms with Crippen LogP contribution in [0.1, 0.15) is 32.3 Å². The van der Waals surface area contributed by atoms with Crippen molar-refractivity contribution in [1.82, 2.24) is 5.32 Å². The molecule has 1 aliphatic carbocycles. The van der Waals surface area contributed by atoms with Crippen LogP contribution in [-0.4, -0.2) is 24.7 Å². The lowest BCUT2D eigenvalue weighted by Gasteiger charge is -2.47. The molecular weight excluding hydrogens is 277 g/mol. The number of benzene rings is 1. The molecule has 116 valence electrons. The van der Waals surface area contributed by atoms with Crippen LogP contribution in [0.4, 0.5) is 18.9 Å². The second-order valence-electron chi connectivity index (χ2n) is 6.60. The zero-order valence-corrected chi connectivity index (χ0v) is 12.4. The normalized spacial score (nSPS) is 30.5. The van der Waals surface area contributed by atoms with Crippen molar-refractivity contribution in [2.75, 3.05) is 18.0 Å². The van der Waals surface area contributed by atoms with Crippen LogP contribution in [-0.2, 0) is 6.18 Å². The molecule has 3 rings (SSSR count). The molecule has 0 amide bonds. The minimum Gasteiger partial charge on any atom is -0.366 e.